The highest BCUT2D eigenvalue weighted by Gasteiger charge is 2.38. The maximum atomic E-state index is 11.9. The van der Waals surface area contributed by atoms with E-state index in [1.54, 1.807) is 0 Å². The van der Waals surface area contributed by atoms with Crippen molar-refractivity contribution < 1.29 is 9.90 Å². The highest BCUT2D eigenvalue weighted by molar-refractivity contribution is 9.10. The molecule has 3 unspecified atom stereocenters. The van der Waals surface area contributed by atoms with Gasteiger partial charge in [-0.15, -0.1) is 0 Å². The standard InChI is InChI=1S/C11H18BrNO2/c12-9-5-6-13(11(9)15)10-4-2-1-3-8(10)7-14/h8-10,14H,1-7H2. The third-order valence-corrected chi connectivity index (χ3v) is 4.53. The van der Waals surface area contributed by atoms with Gasteiger partial charge >= 0.3 is 0 Å². The van der Waals surface area contributed by atoms with Gasteiger partial charge in [0.25, 0.3) is 0 Å². The fourth-order valence-electron chi connectivity index (χ4n) is 2.81. The molecule has 1 aliphatic carbocycles. The van der Waals surface area contributed by atoms with E-state index in [9.17, 15) is 9.90 Å². The summed E-state index contributed by atoms with van der Waals surface area (Å²) in [5, 5.41) is 9.32. The SMILES string of the molecule is O=C1C(Br)CCN1C1CCCCC1CO. The van der Waals surface area contributed by atoms with Gasteiger partial charge in [0, 0.05) is 25.1 Å². The van der Waals surface area contributed by atoms with Crippen molar-refractivity contribution in [2.45, 2.75) is 43.0 Å². The Labute approximate surface area is 99.0 Å². The van der Waals surface area contributed by atoms with E-state index in [0.29, 0.717) is 12.0 Å². The predicted molar refractivity (Wildman–Crippen MR) is 61.9 cm³/mol. The molecule has 1 saturated carbocycles. The van der Waals surface area contributed by atoms with Crippen LogP contribution in [-0.4, -0.2) is 39.9 Å². The van der Waals surface area contributed by atoms with Crippen LogP contribution < -0.4 is 0 Å². The average Bonchev–Trinajstić information content (AvgIpc) is 2.60. The Hall–Kier alpha value is -0.0900. The third kappa shape index (κ3) is 2.21. The molecule has 0 spiro atoms. The minimum absolute atomic E-state index is 0.0127. The van der Waals surface area contributed by atoms with Crippen LogP contribution >= 0.6 is 15.9 Å². The van der Waals surface area contributed by atoms with Gasteiger partial charge < -0.3 is 10.0 Å². The van der Waals surface area contributed by atoms with Crippen molar-refractivity contribution in [1.82, 2.24) is 4.90 Å². The third-order valence-electron chi connectivity index (χ3n) is 3.68. The van der Waals surface area contributed by atoms with Gasteiger partial charge in [0.15, 0.2) is 0 Å². The van der Waals surface area contributed by atoms with Gasteiger partial charge in [-0.05, 0) is 19.3 Å². The molecule has 1 amide bonds. The van der Waals surface area contributed by atoms with E-state index in [2.05, 4.69) is 15.9 Å². The van der Waals surface area contributed by atoms with Crippen molar-refractivity contribution in [3.63, 3.8) is 0 Å². The zero-order valence-electron chi connectivity index (χ0n) is 8.86. The number of aliphatic hydroxyl groups excluding tert-OH is 1. The lowest BCUT2D eigenvalue weighted by Gasteiger charge is -2.37. The minimum atomic E-state index is 0.0127. The molecule has 3 nitrogen and oxygen atoms in total. The van der Waals surface area contributed by atoms with Crippen molar-refractivity contribution in [2.75, 3.05) is 13.2 Å². The molecule has 3 atom stereocenters. The molecule has 0 radical (unpaired) electrons. The number of carbonyl (C=O) groups is 1. The first-order valence-electron chi connectivity index (χ1n) is 5.79. The lowest BCUT2D eigenvalue weighted by Crippen LogP contribution is -2.45. The second kappa shape index (κ2) is 4.83. The van der Waals surface area contributed by atoms with Crippen LogP contribution in [0.4, 0.5) is 0 Å². The van der Waals surface area contributed by atoms with Crippen LogP contribution in [0.2, 0.25) is 0 Å². The summed E-state index contributed by atoms with van der Waals surface area (Å²) in [5.74, 6) is 0.529. The van der Waals surface area contributed by atoms with Crippen molar-refractivity contribution in [2.24, 2.45) is 5.92 Å². The number of rotatable bonds is 2. The van der Waals surface area contributed by atoms with Crippen LogP contribution in [0.25, 0.3) is 0 Å². The zero-order valence-corrected chi connectivity index (χ0v) is 10.4. The first-order valence-corrected chi connectivity index (χ1v) is 6.71. The van der Waals surface area contributed by atoms with Crippen LogP contribution in [0.3, 0.4) is 0 Å². The monoisotopic (exact) mass is 275 g/mol. The number of hydrogen-bond acceptors (Lipinski definition) is 2. The lowest BCUT2D eigenvalue weighted by atomic mass is 9.84. The Balaban J connectivity index is 2.04. The van der Waals surface area contributed by atoms with E-state index in [1.165, 1.54) is 12.8 Å². The Morgan fingerprint density at radius 2 is 2.07 bits per heavy atom. The second-order valence-corrected chi connectivity index (χ2v) is 5.69. The molecule has 1 saturated heterocycles. The smallest absolute Gasteiger partial charge is 0.236 e. The number of carbonyl (C=O) groups excluding carboxylic acids is 1. The van der Waals surface area contributed by atoms with E-state index >= 15 is 0 Å². The fourth-order valence-corrected chi connectivity index (χ4v) is 3.27. The quantitative estimate of drug-likeness (QED) is 0.777. The molecular formula is C11H18BrNO2. The normalized spacial score (nSPS) is 37.3. The summed E-state index contributed by atoms with van der Waals surface area (Å²) in [5.41, 5.74) is 0. The maximum Gasteiger partial charge on any atom is 0.236 e. The van der Waals surface area contributed by atoms with Crippen molar-refractivity contribution in [3.05, 3.63) is 0 Å². The zero-order chi connectivity index (χ0) is 10.8. The van der Waals surface area contributed by atoms with Crippen molar-refractivity contribution >= 4 is 21.8 Å². The van der Waals surface area contributed by atoms with E-state index in [1.807, 2.05) is 4.90 Å². The summed E-state index contributed by atoms with van der Waals surface area (Å²) in [4.78, 5) is 13.9. The van der Waals surface area contributed by atoms with Crippen molar-refractivity contribution in [3.8, 4) is 0 Å². The Bertz CT molecular complexity index is 247. The molecule has 0 bridgehead atoms. The van der Waals surface area contributed by atoms with Gasteiger partial charge in [0.05, 0.1) is 4.83 Å². The molecule has 0 aromatic heterocycles. The number of alkyl halides is 1. The summed E-state index contributed by atoms with van der Waals surface area (Å²) in [6, 6.07) is 0.291. The molecule has 2 aliphatic rings. The van der Waals surface area contributed by atoms with Crippen LogP contribution in [0.15, 0.2) is 0 Å². The minimum Gasteiger partial charge on any atom is -0.396 e. The molecule has 1 aliphatic heterocycles. The summed E-state index contributed by atoms with van der Waals surface area (Å²) in [6.07, 6.45) is 5.43. The first kappa shape index (κ1) is 11.4. The molecule has 0 aromatic carbocycles. The highest BCUT2D eigenvalue weighted by atomic mass is 79.9. The molecule has 15 heavy (non-hydrogen) atoms. The summed E-state index contributed by atoms with van der Waals surface area (Å²) in [6.45, 7) is 1.08. The predicted octanol–water partition coefficient (Wildman–Crippen LogP) is 1.53. The van der Waals surface area contributed by atoms with Crippen LogP contribution in [0, 0.1) is 5.92 Å². The molecule has 1 heterocycles. The topological polar surface area (TPSA) is 40.5 Å². The number of aliphatic hydroxyl groups is 1. The largest absolute Gasteiger partial charge is 0.396 e. The summed E-state index contributed by atoms with van der Waals surface area (Å²) < 4.78 is 0. The van der Waals surface area contributed by atoms with Gasteiger partial charge in [0.1, 0.15) is 0 Å². The lowest BCUT2D eigenvalue weighted by molar-refractivity contribution is -0.131. The van der Waals surface area contributed by atoms with Gasteiger partial charge in [-0.3, -0.25) is 4.79 Å². The molecular weight excluding hydrogens is 258 g/mol. The van der Waals surface area contributed by atoms with Gasteiger partial charge in [-0.2, -0.15) is 0 Å². The summed E-state index contributed by atoms with van der Waals surface area (Å²) in [7, 11) is 0. The highest BCUT2D eigenvalue weighted by Crippen LogP contribution is 2.32. The average molecular weight is 276 g/mol. The van der Waals surface area contributed by atoms with E-state index < -0.39 is 0 Å². The fraction of sp³-hybridized carbons (Fsp3) is 0.909. The second-order valence-electron chi connectivity index (χ2n) is 4.58. The Morgan fingerprint density at radius 1 is 1.33 bits per heavy atom. The van der Waals surface area contributed by atoms with Crippen LogP contribution in [0.1, 0.15) is 32.1 Å². The van der Waals surface area contributed by atoms with Gasteiger partial charge in [0.2, 0.25) is 5.91 Å². The van der Waals surface area contributed by atoms with E-state index in [-0.39, 0.29) is 17.3 Å². The van der Waals surface area contributed by atoms with Crippen molar-refractivity contribution in [1.29, 1.82) is 0 Å². The van der Waals surface area contributed by atoms with E-state index in [0.717, 1.165) is 25.8 Å². The van der Waals surface area contributed by atoms with Crippen LogP contribution in [-0.2, 0) is 4.79 Å². The number of hydrogen-bond donors (Lipinski definition) is 1. The maximum absolute atomic E-state index is 11.9. The number of nitrogens with zero attached hydrogens (tertiary/aromatic N) is 1. The van der Waals surface area contributed by atoms with Gasteiger partial charge in [-0.1, -0.05) is 28.8 Å². The molecule has 0 aromatic rings. The molecule has 1 N–H and O–H groups in total. The first-order chi connectivity index (χ1) is 7.24. The molecule has 2 fully saturated rings. The Morgan fingerprint density at radius 3 is 2.67 bits per heavy atom. The van der Waals surface area contributed by atoms with Gasteiger partial charge in [-0.25, -0.2) is 0 Å². The van der Waals surface area contributed by atoms with E-state index in [4.69, 9.17) is 0 Å². The molecule has 4 heteroatoms. The number of likely N-dealkylation sites (tertiary alicyclic amines) is 1. The number of amides is 1. The Kier molecular flexibility index (Phi) is 3.67. The summed E-state index contributed by atoms with van der Waals surface area (Å²) >= 11 is 3.40. The molecule has 2 rings (SSSR count). The molecule has 86 valence electrons. The number of halogens is 1. The van der Waals surface area contributed by atoms with Crippen LogP contribution in [0.5, 0.6) is 0 Å².